The number of hydrogen-bond acceptors (Lipinski definition) is 2. The van der Waals surface area contributed by atoms with Crippen LogP contribution in [0.15, 0.2) is 34.8 Å². The predicted octanol–water partition coefficient (Wildman–Crippen LogP) is 5.71. The van der Waals surface area contributed by atoms with Gasteiger partial charge in [-0.05, 0) is 65.2 Å². The molecule has 0 aromatic heterocycles. The Labute approximate surface area is 140 Å². The number of cyclic esters (lactones) is 1. The SMILES string of the molecule is CC1(C)OC(=O)Nc2c(Br)cc(-c3ccc(F)c(Cl)c3)cc21. The Morgan fingerprint density at radius 3 is 2.64 bits per heavy atom. The molecule has 3 rings (SSSR count). The van der Waals surface area contributed by atoms with Gasteiger partial charge in [-0.3, -0.25) is 5.32 Å². The first-order valence-electron chi connectivity index (χ1n) is 6.57. The zero-order chi connectivity index (χ0) is 16.1. The Balaban J connectivity index is 2.18. The molecular formula is C16H12BrClFNO2. The van der Waals surface area contributed by atoms with Gasteiger partial charge in [0.15, 0.2) is 0 Å². The number of halogens is 3. The Morgan fingerprint density at radius 1 is 1.23 bits per heavy atom. The van der Waals surface area contributed by atoms with E-state index in [0.29, 0.717) is 5.69 Å². The molecule has 0 saturated heterocycles. The van der Waals surface area contributed by atoms with Gasteiger partial charge in [0, 0.05) is 10.0 Å². The van der Waals surface area contributed by atoms with Crippen molar-refractivity contribution in [1.82, 2.24) is 0 Å². The average molecular weight is 385 g/mol. The van der Waals surface area contributed by atoms with Gasteiger partial charge >= 0.3 is 6.09 Å². The fraction of sp³-hybridized carbons (Fsp3) is 0.188. The molecule has 22 heavy (non-hydrogen) atoms. The second-order valence-corrected chi connectivity index (χ2v) is 6.80. The van der Waals surface area contributed by atoms with E-state index >= 15 is 0 Å². The topological polar surface area (TPSA) is 38.3 Å². The largest absolute Gasteiger partial charge is 0.438 e. The molecule has 6 heteroatoms. The molecule has 2 aromatic rings. The lowest BCUT2D eigenvalue weighted by Gasteiger charge is -2.33. The summed E-state index contributed by atoms with van der Waals surface area (Å²) in [5.74, 6) is -0.460. The molecule has 0 saturated carbocycles. The molecule has 0 aliphatic carbocycles. The van der Waals surface area contributed by atoms with Gasteiger partial charge in [-0.25, -0.2) is 9.18 Å². The maximum absolute atomic E-state index is 13.3. The normalized spacial score (nSPS) is 15.8. The fourth-order valence-electron chi connectivity index (χ4n) is 2.47. The molecule has 0 fully saturated rings. The number of benzene rings is 2. The first-order valence-corrected chi connectivity index (χ1v) is 7.74. The van der Waals surface area contributed by atoms with Gasteiger partial charge in [-0.2, -0.15) is 0 Å². The maximum atomic E-state index is 13.3. The molecule has 114 valence electrons. The van der Waals surface area contributed by atoms with E-state index in [1.165, 1.54) is 6.07 Å². The van der Waals surface area contributed by atoms with Crippen LogP contribution in [0.1, 0.15) is 19.4 Å². The Kier molecular flexibility index (Phi) is 3.65. The van der Waals surface area contributed by atoms with Crippen LogP contribution in [0, 0.1) is 5.82 Å². The van der Waals surface area contributed by atoms with Crippen LogP contribution >= 0.6 is 27.5 Å². The number of anilines is 1. The number of fused-ring (bicyclic) bond motifs is 1. The van der Waals surface area contributed by atoms with E-state index in [2.05, 4.69) is 21.2 Å². The van der Waals surface area contributed by atoms with Crippen molar-refractivity contribution in [3.8, 4) is 11.1 Å². The summed E-state index contributed by atoms with van der Waals surface area (Å²) in [5.41, 5.74) is 2.37. The van der Waals surface area contributed by atoms with Crippen molar-refractivity contribution in [2.24, 2.45) is 0 Å². The average Bonchev–Trinajstić information content (AvgIpc) is 2.42. The van der Waals surface area contributed by atoms with Crippen LogP contribution in [-0.2, 0) is 10.3 Å². The van der Waals surface area contributed by atoms with Crippen LogP contribution < -0.4 is 5.32 Å². The van der Waals surface area contributed by atoms with Crippen molar-refractivity contribution in [3.05, 3.63) is 51.2 Å². The van der Waals surface area contributed by atoms with Gasteiger partial charge in [-0.1, -0.05) is 17.7 Å². The van der Waals surface area contributed by atoms with Gasteiger partial charge in [0.25, 0.3) is 0 Å². The third kappa shape index (κ3) is 2.59. The van der Waals surface area contributed by atoms with E-state index in [9.17, 15) is 9.18 Å². The molecule has 1 aliphatic heterocycles. The van der Waals surface area contributed by atoms with E-state index < -0.39 is 17.5 Å². The number of ether oxygens (including phenoxy) is 1. The van der Waals surface area contributed by atoms with Crippen LogP contribution in [0.5, 0.6) is 0 Å². The van der Waals surface area contributed by atoms with E-state index in [1.807, 2.05) is 26.0 Å². The Bertz CT molecular complexity index is 792. The Morgan fingerprint density at radius 2 is 1.95 bits per heavy atom. The molecule has 1 heterocycles. The smallest absolute Gasteiger partial charge is 0.412 e. The second-order valence-electron chi connectivity index (χ2n) is 5.53. The fourth-order valence-corrected chi connectivity index (χ4v) is 3.21. The van der Waals surface area contributed by atoms with Gasteiger partial charge in [-0.15, -0.1) is 0 Å². The number of rotatable bonds is 1. The molecule has 0 spiro atoms. The molecule has 3 nitrogen and oxygen atoms in total. The van der Waals surface area contributed by atoms with Gasteiger partial charge in [0.05, 0.1) is 10.7 Å². The minimum Gasteiger partial charge on any atom is -0.438 e. The van der Waals surface area contributed by atoms with Crippen molar-refractivity contribution < 1.29 is 13.9 Å². The quantitative estimate of drug-likeness (QED) is 0.684. The van der Waals surface area contributed by atoms with Crippen molar-refractivity contribution in [1.29, 1.82) is 0 Å². The summed E-state index contributed by atoms with van der Waals surface area (Å²) in [6, 6.07) is 8.31. The first-order chi connectivity index (χ1) is 10.3. The van der Waals surface area contributed by atoms with Crippen LogP contribution in [0.2, 0.25) is 5.02 Å². The van der Waals surface area contributed by atoms with E-state index in [0.717, 1.165) is 21.2 Å². The molecule has 0 atom stereocenters. The van der Waals surface area contributed by atoms with Gasteiger partial charge in [0.1, 0.15) is 11.4 Å². The van der Waals surface area contributed by atoms with Crippen LogP contribution in [0.25, 0.3) is 11.1 Å². The van der Waals surface area contributed by atoms with Gasteiger partial charge in [0.2, 0.25) is 0 Å². The number of hydrogen-bond donors (Lipinski definition) is 1. The zero-order valence-electron chi connectivity index (χ0n) is 11.8. The van der Waals surface area contributed by atoms with Gasteiger partial charge < -0.3 is 4.74 Å². The van der Waals surface area contributed by atoms with E-state index in [4.69, 9.17) is 16.3 Å². The number of carbonyl (C=O) groups is 1. The molecule has 2 aromatic carbocycles. The summed E-state index contributed by atoms with van der Waals surface area (Å²) in [4.78, 5) is 11.6. The molecule has 0 unspecified atom stereocenters. The van der Waals surface area contributed by atoms with Crippen LogP contribution in [0.4, 0.5) is 14.9 Å². The standard InChI is InChI=1S/C16H12BrClFNO2/c1-16(2)10-5-9(8-3-4-13(19)12(18)7-8)6-11(17)14(10)20-15(21)22-16/h3-7H,1-2H3,(H,20,21). The molecule has 0 radical (unpaired) electrons. The summed E-state index contributed by atoms with van der Waals surface area (Å²) in [7, 11) is 0. The van der Waals surface area contributed by atoms with Crippen molar-refractivity contribution >= 4 is 39.3 Å². The maximum Gasteiger partial charge on any atom is 0.412 e. The molecule has 1 amide bonds. The van der Waals surface area contributed by atoms with Crippen molar-refractivity contribution in [2.45, 2.75) is 19.4 Å². The van der Waals surface area contributed by atoms with E-state index in [-0.39, 0.29) is 5.02 Å². The highest BCUT2D eigenvalue weighted by Crippen LogP contribution is 2.42. The minimum atomic E-state index is -0.764. The zero-order valence-corrected chi connectivity index (χ0v) is 14.2. The lowest BCUT2D eigenvalue weighted by atomic mass is 9.91. The lowest BCUT2D eigenvalue weighted by Crippen LogP contribution is -2.35. The van der Waals surface area contributed by atoms with Crippen molar-refractivity contribution in [2.75, 3.05) is 5.32 Å². The third-order valence-corrected chi connectivity index (χ3v) is 4.48. The van der Waals surface area contributed by atoms with Crippen LogP contribution in [0.3, 0.4) is 0 Å². The minimum absolute atomic E-state index is 0.0650. The summed E-state index contributed by atoms with van der Waals surface area (Å²) in [6.07, 6.45) is -0.490. The lowest BCUT2D eigenvalue weighted by molar-refractivity contribution is 0.0420. The third-order valence-electron chi connectivity index (χ3n) is 3.57. The summed E-state index contributed by atoms with van der Waals surface area (Å²) in [6.45, 7) is 3.64. The highest BCUT2D eigenvalue weighted by Gasteiger charge is 2.35. The summed E-state index contributed by atoms with van der Waals surface area (Å²) in [5, 5.41) is 2.75. The molecule has 0 bridgehead atoms. The summed E-state index contributed by atoms with van der Waals surface area (Å²) >= 11 is 9.32. The van der Waals surface area contributed by atoms with Crippen LogP contribution in [-0.4, -0.2) is 6.09 Å². The highest BCUT2D eigenvalue weighted by molar-refractivity contribution is 9.10. The monoisotopic (exact) mass is 383 g/mol. The van der Waals surface area contributed by atoms with E-state index in [1.54, 1.807) is 12.1 Å². The predicted molar refractivity (Wildman–Crippen MR) is 87.7 cm³/mol. The molecular weight excluding hydrogens is 373 g/mol. The first kappa shape index (κ1) is 15.3. The number of amides is 1. The highest BCUT2D eigenvalue weighted by atomic mass is 79.9. The number of carbonyl (C=O) groups excluding carboxylic acids is 1. The Hall–Kier alpha value is -1.59. The van der Waals surface area contributed by atoms with Crippen molar-refractivity contribution in [3.63, 3.8) is 0 Å². The number of nitrogens with one attached hydrogen (secondary N) is 1. The summed E-state index contributed by atoms with van der Waals surface area (Å²) < 4.78 is 19.4. The second kappa shape index (κ2) is 5.25. The molecule has 1 aliphatic rings. The molecule has 1 N–H and O–H groups in total.